The summed E-state index contributed by atoms with van der Waals surface area (Å²) in [5.41, 5.74) is 9.00. The number of benzene rings is 1. The predicted molar refractivity (Wildman–Crippen MR) is 92.4 cm³/mol. The largest absolute Gasteiger partial charge is 0.367 e. The highest BCUT2D eigenvalue weighted by Gasteiger charge is 2.20. The maximum Gasteiger partial charge on any atom is 0.230 e. The van der Waals surface area contributed by atoms with E-state index in [1.165, 1.54) is 0 Å². The van der Waals surface area contributed by atoms with Crippen LogP contribution in [0.15, 0.2) is 34.2 Å². The molecule has 7 heteroatoms. The minimum Gasteiger partial charge on any atom is -0.367 e. The lowest BCUT2D eigenvalue weighted by atomic mass is 10.0. The van der Waals surface area contributed by atoms with Crippen molar-refractivity contribution in [2.24, 2.45) is 0 Å². The molecule has 0 fully saturated rings. The first-order valence-corrected chi connectivity index (χ1v) is 8.22. The summed E-state index contributed by atoms with van der Waals surface area (Å²) in [6.45, 7) is 0. The highest BCUT2D eigenvalue weighted by molar-refractivity contribution is 14.1. The lowest BCUT2D eigenvalue weighted by Crippen LogP contribution is -1.88. The minimum atomic E-state index is 0.241. The van der Waals surface area contributed by atoms with Crippen LogP contribution >= 0.6 is 57.1 Å². The number of hydrogen-bond donors (Lipinski definition) is 1. The van der Waals surface area contributed by atoms with Gasteiger partial charge in [0, 0.05) is 21.5 Å². The quantitative estimate of drug-likeness (QED) is 0.534. The van der Waals surface area contributed by atoms with Crippen LogP contribution in [0.25, 0.3) is 22.4 Å². The number of aromatic nitrogens is 1. The smallest absolute Gasteiger partial charge is 0.230 e. The number of anilines is 1. The molecule has 0 amide bonds. The Morgan fingerprint density at radius 1 is 1.25 bits per heavy atom. The summed E-state index contributed by atoms with van der Waals surface area (Å²) in [6, 6.07) is 7.27. The van der Waals surface area contributed by atoms with Crippen LogP contribution in [0.5, 0.6) is 0 Å². The van der Waals surface area contributed by atoms with E-state index in [2.05, 4.69) is 27.7 Å². The molecular weight excluding hydrogens is 430 g/mol. The van der Waals surface area contributed by atoms with E-state index in [4.69, 9.17) is 33.5 Å². The summed E-state index contributed by atoms with van der Waals surface area (Å²) in [6.07, 6.45) is 0. The topological polar surface area (TPSA) is 52.0 Å². The van der Waals surface area contributed by atoms with E-state index in [1.807, 2.05) is 17.5 Å². The van der Waals surface area contributed by atoms with E-state index in [0.717, 1.165) is 14.0 Å². The molecule has 0 aliphatic heterocycles. The Morgan fingerprint density at radius 2 is 2.05 bits per heavy atom. The number of rotatable bonds is 2. The van der Waals surface area contributed by atoms with Crippen molar-refractivity contribution in [3.63, 3.8) is 0 Å². The summed E-state index contributed by atoms with van der Waals surface area (Å²) < 4.78 is 6.30. The van der Waals surface area contributed by atoms with Gasteiger partial charge < -0.3 is 10.3 Å². The molecule has 1 aromatic carbocycles. The monoisotopic (exact) mass is 436 g/mol. The molecule has 0 aliphatic rings. The molecule has 3 nitrogen and oxygen atoms in total. The fraction of sp³-hybridized carbons (Fsp3) is 0. The lowest BCUT2D eigenvalue weighted by Gasteiger charge is -2.04. The van der Waals surface area contributed by atoms with Crippen molar-refractivity contribution in [2.45, 2.75) is 0 Å². The summed E-state index contributed by atoms with van der Waals surface area (Å²) in [5.74, 6) is 0.241. The molecule has 0 atom stereocenters. The predicted octanol–water partition coefficient (Wildman–Crippen LogP) is 5.56. The van der Waals surface area contributed by atoms with Crippen LogP contribution in [0.4, 0.5) is 5.88 Å². The van der Waals surface area contributed by atoms with E-state index in [9.17, 15) is 0 Å². The van der Waals surface area contributed by atoms with Gasteiger partial charge in [0.05, 0.1) is 13.5 Å². The Labute approximate surface area is 142 Å². The average Bonchev–Trinajstić information content (AvgIpc) is 2.96. The van der Waals surface area contributed by atoms with Crippen molar-refractivity contribution < 1.29 is 4.52 Å². The zero-order valence-corrected chi connectivity index (χ0v) is 14.3. The molecule has 2 N–H and O–H groups in total. The van der Waals surface area contributed by atoms with Gasteiger partial charge in [-0.1, -0.05) is 34.4 Å². The standard InChI is InChI=1S/C13H7Cl2IN2OS/c14-7-1-2-8(9(15)4-7)11-12(18-19-13(11)17)6-3-10(16)20-5-6/h1-5H,17H2. The number of nitrogens with two attached hydrogens (primary N) is 1. The van der Waals surface area contributed by atoms with Gasteiger partial charge in [0.15, 0.2) is 0 Å². The maximum absolute atomic E-state index is 6.25. The Bertz CT molecular complexity index is 785. The first-order chi connectivity index (χ1) is 9.56. The highest BCUT2D eigenvalue weighted by atomic mass is 127. The van der Waals surface area contributed by atoms with Gasteiger partial charge >= 0.3 is 0 Å². The van der Waals surface area contributed by atoms with Crippen LogP contribution in [0, 0.1) is 2.88 Å². The van der Waals surface area contributed by atoms with Gasteiger partial charge in [0.1, 0.15) is 5.69 Å². The zero-order valence-electron chi connectivity index (χ0n) is 9.86. The molecule has 0 spiro atoms. The molecule has 0 saturated heterocycles. The summed E-state index contributed by atoms with van der Waals surface area (Å²) in [7, 11) is 0. The van der Waals surface area contributed by atoms with Gasteiger partial charge in [-0.3, -0.25) is 0 Å². The molecule has 20 heavy (non-hydrogen) atoms. The van der Waals surface area contributed by atoms with Crippen LogP contribution in [0.3, 0.4) is 0 Å². The minimum absolute atomic E-state index is 0.241. The Balaban J connectivity index is 2.21. The van der Waals surface area contributed by atoms with Crippen molar-refractivity contribution in [1.29, 1.82) is 0 Å². The van der Waals surface area contributed by atoms with E-state index >= 15 is 0 Å². The molecule has 0 bridgehead atoms. The van der Waals surface area contributed by atoms with Crippen LogP contribution in [-0.4, -0.2) is 5.16 Å². The van der Waals surface area contributed by atoms with Crippen molar-refractivity contribution in [3.05, 3.63) is 42.6 Å². The highest BCUT2D eigenvalue weighted by Crippen LogP contribution is 2.41. The maximum atomic E-state index is 6.25. The van der Waals surface area contributed by atoms with Crippen molar-refractivity contribution in [1.82, 2.24) is 5.16 Å². The number of hydrogen-bond acceptors (Lipinski definition) is 4. The Hall–Kier alpha value is -0.760. The van der Waals surface area contributed by atoms with Crippen molar-refractivity contribution >= 4 is 63.0 Å². The summed E-state index contributed by atoms with van der Waals surface area (Å²) >= 11 is 16.1. The van der Waals surface area contributed by atoms with E-state index in [1.54, 1.807) is 23.5 Å². The number of nitrogen functional groups attached to an aromatic ring is 1. The average molecular weight is 437 g/mol. The lowest BCUT2D eigenvalue weighted by molar-refractivity contribution is 0.439. The van der Waals surface area contributed by atoms with E-state index < -0.39 is 0 Å². The summed E-state index contributed by atoms with van der Waals surface area (Å²) in [5, 5.41) is 7.14. The molecule has 3 rings (SSSR count). The third-order valence-electron chi connectivity index (χ3n) is 2.76. The second-order valence-electron chi connectivity index (χ2n) is 4.03. The van der Waals surface area contributed by atoms with Gasteiger partial charge in [-0.25, -0.2) is 0 Å². The second kappa shape index (κ2) is 5.55. The third-order valence-corrected chi connectivity index (χ3v) is 5.10. The van der Waals surface area contributed by atoms with Crippen molar-refractivity contribution in [3.8, 4) is 22.4 Å². The van der Waals surface area contributed by atoms with Crippen LogP contribution in [0.1, 0.15) is 0 Å². The molecule has 0 saturated carbocycles. The second-order valence-corrected chi connectivity index (χ2v) is 7.68. The first-order valence-electron chi connectivity index (χ1n) is 5.51. The van der Waals surface area contributed by atoms with E-state index in [0.29, 0.717) is 21.3 Å². The van der Waals surface area contributed by atoms with Crippen LogP contribution < -0.4 is 5.73 Å². The molecule has 0 unspecified atom stereocenters. The fourth-order valence-corrected chi connectivity index (χ4v) is 3.72. The van der Waals surface area contributed by atoms with Gasteiger partial charge in [0.2, 0.25) is 5.88 Å². The third kappa shape index (κ3) is 2.55. The zero-order chi connectivity index (χ0) is 14.3. The SMILES string of the molecule is Nc1onc(-c2csc(I)c2)c1-c1ccc(Cl)cc1Cl. The number of halogens is 3. The Morgan fingerprint density at radius 3 is 2.70 bits per heavy atom. The molecule has 2 aromatic heterocycles. The molecule has 0 radical (unpaired) electrons. The van der Waals surface area contributed by atoms with Gasteiger partial charge in [-0.2, -0.15) is 0 Å². The normalized spacial score (nSPS) is 10.9. The molecule has 0 aliphatic carbocycles. The van der Waals surface area contributed by atoms with Gasteiger partial charge in [-0.15, -0.1) is 11.3 Å². The Kier molecular flexibility index (Phi) is 3.94. The molecule has 102 valence electrons. The van der Waals surface area contributed by atoms with Crippen molar-refractivity contribution in [2.75, 3.05) is 5.73 Å². The van der Waals surface area contributed by atoms with Crippen LogP contribution in [0.2, 0.25) is 10.0 Å². The molecular formula is C13H7Cl2IN2OS. The van der Waals surface area contributed by atoms with E-state index in [-0.39, 0.29) is 5.88 Å². The molecule has 3 aromatic rings. The van der Waals surface area contributed by atoms with Gasteiger partial charge in [-0.05, 0) is 40.8 Å². The van der Waals surface area contributed by atoms with Gasteiger partial charge in [0.25, 0.3) is 0 Å². The fourth-order valence-electron chi connectivity index (χ4n) is 1.89. The summed E-state index contributed by atoms with van der Waals surface area (Å²) in [4.78, 5) is 0. The van der Waals surface area contributed by atoms with Crippen LogP contribution in [-0.2, 0) is 0 Å². The number of nitrogens with zero attached hydrogens (tertiary/aromatic N) is 1. The molecule has 2 heterocycles. The number of thiophene rings is 1. The first kappa shape index (κ1) is 14.2.